The number of halogens is 1. The predicted octanol–water partition coefficient (Wildman–Crippen LogP) is 2.32. The number of piperazine rings is 1. The summed E-state index contributed by atoms with van der Waals surface area (Å²) in [6, 6.07) is 5.93. The van der Waals surface area contributed by atoms with E-state index in [4.69, 9.17) is 0 Å². The molecule has 0 radical (unpaired) electrons. The first-order valence-electron chi connectivity index (χ1n) is 5.96. The normalized spacial score (nSPS) is 21.2. The Hall–Kier alpha value is -1.09. The van der Waals surface area contributed by atoms with Gasteiger partial charge in [-0.15, -0.1) is 0 Å². The van der Waals surface area contributed by atoms with E-state index in [9.17, 15) is 4.39 Å². The molecule has 1 aliphatic rings. The quantitative estimate of drug-likeness (QED) is 0.826. The standard InChI is InChI=1S/C13H19FN2/c1-3-11-9-15-6-7-16(11)12-4-5-13(14)10(2)8-12/h4-5,8,11,15H,3,6-7,9H2,1-2H3. The van der Waals surface area contributed by atoms with E-state index in [0.29, 0.717) is 6.04 Å². The third kappa shape index (κ3) is 2.19. The minimum absolute atomic E-state index is 0.119. The molecule has 1 aliphatic heterocycles. The maximum absolute atomic E-state index is 13.2. The Bertz CT molecular complexity index is 365. The highest BCUT2D eigenvalue weighted by molar-refractivity contribution is 5.50. The van der Waals surface area contributed by atoms with E-state index >= 15 is 0 Å². The molecule has 0 aromatic heterocycles. The molecule has 1 aromatic carbocycles. The van der Waals surface area contributed by atoms with Gasteiger partial charge >= 0.3 is 0 Å². The molecule has 0 bridgehead atoms. The Kier molecular flexibility index (Phi) is 3.44. The number of nitrogens with one attached hydrogen (secondary N) is 1. The first-order chi connectivity index (χ1) is 7.72. The van der Waals surface area contributed by atoms with Gasteiger partial charge in [0.05, 0.1) is 0 Å². The molecule has 1 N–H and O–H groups in total. The number of rotatable bonds is 2. The number of benzene rings is 1. The molecule has 1 unspecified atom stereocenters. The van der Waals surface area contributed by atoms with E-state index in [2.05, 4.69) is 17.1 Å². The smallest absolute Gasteiger partial charge is 0.126 e. The van der Waals surface area contributed by atoms with Crippen molar-refractivity contribution >= 4 is 5.69 Å². The fourth-order valence-corrected chi connectivity index (χ4v) is 2.27. The molecular formula is C13H19FN2. The van der Waals surface area contributed by atoms with E-state index in [1.165, 1.54) is 0 Å². The summed E-state index contributed by atoms with van der Waals surface area (Å²) in [4.78, 5) is 2.38. The SMILES string of the molecule is CCC1CNCCN1c1ccc(F)c(C)c1. The Morgan fingerprint density at radius 3 is 3.00 bits per heavy atom. The first-order valence-corrected chi connectivity index (χ1v) is 5.96. The number of hydrogen-bond acceptors (Lipinski definition) is 2. The Morgan fingerprint density at radius 2 is 2.31 bits per heavy atom. The van der Waals surface area contributed by atoms with Crippen molar-refractivity contribution in [2.75, 3.05) is 24.5 Å². The highest BCUT2D eigenvalue weighted by atomic mass is 19.1. The number of nitrogens with zero attached hydrogens (tertiary/aromatic N) is 1. The van der Waals surface area contributed by atoms with E-state index in [-0.39, 0.29) is 5.82 Å². The molecule has 1 atom stereocenters. The lowest BCUT2D eigenvalue weighted by molar-refractivity contribution is 0.466. The molecular weight excluding hydrogens is 203 g/mol. The van der Waals surface area contributed by atoms with Crippen molar-refractivity contribution in [2.24, 2.45) is 0 Å². The highest BCUT2D eigenvalue weighted by Crippen LogP contribution is 2.22. The Labute approximate surface area is 96.5 Å². The Balaban J connectivity index is 2.23. The van der Waals surface area contributed by atoms with Crippen molar-refractivity contribution < 1.29 is 4.39 Å². The molecule has 1 heterocycles. The minimum Gasteiger partial charge on any atom is -0.366 e. The lowest BCUT2D eigenvalue weighted by Crippen LogP contribution is -2.51. The summed E-state index contributed by atoms with van der Waals surface area (Å²) in [6.07, 6.45) is 1.11. The average molecular weight is 222 g/mol. The van der Waals surface area contributed by atoms with Crippen LogP contribution in [-0.2, 0) is 0 Å². The molecule has 1 aromatic rings. The number of hydrogen-bond donors (Lipinski definition) is 1. The van der Waals surface area contributed by atoms with Gasteiger partial charge < -0.3 is 10.2 Å². The van der Waals surface area contributed by atoms with E-state index < -0.39 is 0 Å². The van der Waals surface area contributed by atoms with Crippen molar-refractivity contribution in [1.29, 1.82) is 0 Å². The average Bonchev–Trinajstić information content (AvgIpc) is 2.32. The molecule has 0 spiro atoms. The molecule has 0 saturated carbocycles. The molecule has 1 saturated heterocycles. The maximum atomic E-state index is 13.2. The van der Waals surface area contributed by atoms with Gasteiger partial charge in [-0.25, -0.2) is 4.39 Å². The molecule has 0 amide bonds. The van der Waals surface area contributed by atoms with Crippen LogP contribution < -0.4 is 10.2 Å². The van der Waals surface area contributed by atoms with Crippen LogP contribution >= 0.6 is 0 Å². The van der Waals surface area contributed by atoms with E-state index in [1.54, 1.807) is 6.07 Å². The summed E-state index contributed by atoms with van der Waals surface area (Å²) in [5, 5.41) is 3.40. The molecule has 16 heavy (non-hydrogen) atoms. The van der Waals surface area contributed by atoms with Gasteiger partial charge in [-0.3, -0.25) is 0 Å². The van der Waals surface area contributed by atoms with Crippen LogP contribution in [0.1, 0.15) is 18.9 Å². The van der Waals surface area contributed by atoms with Gasteiger partial charge in [-0.05, 0) is 37.1 Å². The highest BCUT2D eigenvalue weighted by Gasteiger charge is 2.20. The molecule has 3 heteroatoms. The van der Waals surface area contributed by atoms with Crippen molar-refractivity contribution in [3.63, 3.8) is 0 Å². The molecule has 2 rings (SSSR count). The fourth-order valence-electron chi connectivity index (χ4n) is 2.27. The Morgan fingerprint density at radius 1 is 1.50 bits per heavy atom. The monoisotopic (exact) mass is 222 g/mol. The largest absolute Gasteiger partial charge is 0.366 e. The maximum Gasteiger partial charge on any atom is 0.126 e. The number of anilines is 1. The van der Waals surface area contributed by atoms with Crippen LogP contribution in [0.25, 0.3) is 0 Å². The third-order valence-corrected chi connectivity index (χ3v) is 3.29. The van der Waals surface area contributed by atoms with Gasteiger partial charge in [0, 0.05) is 31.4 Å². The summed E-state index contributed by atoms with van der Waals surface area (Å²) in [6.45, 7) is 7.05. The summed E-state index contributed by atoms with van der Waals surface area (Å²) in [5.74, 6) is -0.119. The van der Waals surface area contributed by atoms with Gasteiger partial charge in [0.1, 0.15) is 5.82 Å². The molecule has 2 nitrogen and oxygen atoms in total. The zero-order chi connectivity index (χ0) is 11.5. The van der Waals surface area contributed by atoms with Gasteiger partial charge in [0.2, 0.25) is 0 Å². The summed E-state index contributed by atoms with van der Waals surface area (Å²) >= 11 is 0. The van der Waals surface area contributed by atoms with Crippen LogP contribution in [0.2, 0.25) is 0 Å². The van der Waals surface area contributed by atoms with Crippen molar-refractivity contribution in [2.45, 2.75) is 26.3 Å². The second kappa shape index (κ2) is 4.83. The van der Waals surface area contributed by atoms with Crippen LogP contribution in [0.15, 0.2) is 18.2 Å². The first kappa shape index (κ1) is 11.4. The lowest BCUT2D eigenvalue weighted by atomic mass is 10.1. The number of aryl methyl sites for hydroxylation is 1. The topological polar surface area (TPSA) is 15.3 Å². The zero-order valence-corrected chi connectivity index (χ0v) is 9.96. The van der Waals surface area contributed by atoms with Gasteiger partial charge in [0.25, 0.3) is 0 Å². The minimum atomic E-state index is -0.119. The van der Waals surface area contributed by atoms with Crippen molar-refractivity contribution in [3.8, 4) is 0 Å². The van der Waals surface area contributed by atoms with Crippen LogP contribution in [-0.4, -0.2) is 25.7 Å². The van der Waals surface area contributed by atoms with E-state index in [1.807, 2.05) is 19.1 Å². The van der Waals surface area contributed by atoms with Crippen molar-refractivity contribution in [1.82, 2.24) is 5.32 Å². The zero-order valence-electron chi connectivity index (χ0n) is 9.96. The summed E-state index contributed by atoms with van der Waals surface area (Å²) in [7, 11) is 0. The van der Waals surface area contributed by atoms with E-state index in [0.717, 1.165) is 37.3 Å². The third-order valence-electron chi connectivity index (χ3n) is 3.29. The molecule has 88 valence electrons. The van der Waals surface area contributed by atoms with Gasteiger partial charge in [-0.2, -0.15) is 0 Å². The summed E-state index contributed by atoms with van der Waals surface area (Å²) < 4.78 is 13.2. The fraction of sp³-hybridized carbons (Fsp3) is 0.538. The van der Waals surface area contributed by atoms with Gasteiger partial charge in [0.15, 0.2) is 0 Å². The lowest BCUT2D eigenvalue weighted by Gasteiger charge is -2.37. The summed E-state index contributed by atoms with van der Waals surface area (Å²) in [5.41, 5.74) is 1.87. The van der Waals surface area contributed by atoms with Crippen LogP contribution in [0, 0.1) is 12.7 Å². The van der Waals surface area contributed by atoms with Gasteiger partial charge in [-0.1, -0.05) is 6.92 Å². The predicted molar refractivity (Wildman–Crippen MR) is 65.4 cm³/mol. The van der Waals surface area contributed by atoms with Crippen molar-refractivity contribution in [3.05, 3.63) is 29.6 Å². The molecule has 1 fully saturated rings. The van der Waals surface area contributed by atoms with Crippen LogP contribution in [0.5, 0.6) is 0 Å². The van der Waals surface area contributed by atoms with Crippen LogP contribution in [0.3, 0.4) is 0 Å². The molecule has 0 aliphatic carbocycles. The second-order valence-corrected chi connectivity index (χ2v) is 4.39. The second-order valence-electron chi connectivity index (χ2n) is 4.39. The van der Waals surface area contributed by atoms with Crippen LogP contribution in [0.4, 0.5) is 10.1 Å².